The van der Waals surface area contributed by atoms with Crippen LogP contribution in [0.5, 0.6) is 0 Å². The molecular formula is C21H28N2O2. The minimum absolute atomic E-state index is 0.0585. The third-order valence-corrected chi connectivity index (χ3v) is 6.03. The maximum absolute atomic E-state index is 12.2. The Hall–Kier alpha value is -1.84. The second-order valence-corrected chi connectivity index (χ2v) is 8.05. The molecule has 1 aliphatic heterocycles. The first-order valence-corrected chi connectivity index (χ1v) is 9.87. The summed E-state index contributed by atoms with van der Waals surface area (Å²) in [4.78, 5) is 26.3. The molecule has 1 aromatic rings. The zero-order chi connectivity index (χ0) is 17.2. The molecule has 3 fully saturated rings. The van der Waals surface area contributed by atoms with Crippen LogP contribution in [0.1, 0.15) is 60.9 Å². The maximum atomic E-state index is 12.2. The second kappa shape index (κ2) is 7.19. The van der Waals surface area contributed by atoms with E-state index in [4.69, 9.17) is 0 Å². The highest BCUT2D eigenvalue weighted by Gasteiger charge is 2.34. The highest BCUT2D eigenvalue weighted by atomic mass is 16.2. The van der Waals surface area contributed by atoms with Crippen LogP contribution in [0.25, 0.3) is 0 Å². The van der Waals surface area contributed by atoms with Gasteiger partial charge in [0.05, 0.1) is 0 Å². The number of benzene rings is 1. The average Bonchev–Trinajstić information content (AvgIpc) is 3.44. The van der Waals surface area contributed by atoms with Gasteiger partial charge in [0.2, 0.25) is 5.91 Å². The molecule has 25 heavy (non-hydrogen) atoms. The average molecular weight is 340 g/mol. The van der Waals surface area contributed by atoms with Crippen LogP contribution in [-0.2, 0) is 11.2 Å². The van der Waals surface area contributed by atoms with E-state index in [1.54, 1.807) is 0 Å². The lowest BCUT2D eigenvalue weighted by atomic mass is 9.89. The molecule has 1 aromatic carbocycles. The quantitative estimate of drug-likeness (QED) is 0.895. The summed E-state index contributed by atoms with van der Waals surface area (Å²) in [6.07, 6.45) is 8.91. The van der Waals surface area contributed by atoms with Gasteiger partial charge in [-0.3, -0.25) is 9.59 Å². The van der Waals surface area contributed by atoms with E-state index in [1.807, 2.05) is 12.1 Å². The zero-order valence-corrected chi connectivity index (χ0v) is 14.9. The molecule has 0 aromatic heterocycles. The lowest BCUT2D eigenvalue weighted by Crippen LogP contribution is -2.39. The van der Waals surface area contributed by atoms with Crippen LogP contribution in [0, 0.1) is 11.8 Å². The molecule has 4 nitrogen and oxygen atoms in total. The predicted molar refractivity (Wildman–Crippen MR) is 97.3 cm³/mol. The standard InChI is InChI=1S/C21H28N2O2/c24-20(22-19-2-1-3-19)17-6-4-15(5-7-17)14-16-10-12-23(13-11-16)21(25)18-8-9-18/h4-7,16,18-19H,1-3,8-14H2,(H,22,24). The fourth-order valence-corrected chi connectivity index (χ4v) is 3.89. The van der Waals surface area contributed by atoms with Gasteiger partial charge in [-0.15, -0.1) is 0 Å². The number of hydrogen-bond donors (Lipinski definition) is 1. The summed E-state index contributed by atoms with van der Waals surface area (Å²) in [5, 5.41) is 3.09. The molecule has 0 spiro atoms. The Labute approximate surface area is 150 Å². The summed E-state index contributed by atoms with van der Waals surface area (Å²) in [6.45, 7) is 1.84. The number of nitrogens with zero attached hydrogens (tertiary/aromatic N) is 1. The molecule has 2 amide bonds. The van der Waals surface area contributed by atoms with Crippen molar-refractivity contribution in [2.75, 3.05) is 13.1 Å². The molecule has 134 valence electrons. The van der Waals surface area contributed by atoms with Crippen LogP contribution in [0.15, 0.2) is 24.3 Å². The topological polar surface area (TPSA) is 49.4 Å². The molecule has 2 aliphatic carbocycles. The number of piperidine rings is 1. The first kappa shape index (κ1) is 16.6. The Kier molecular flexibility index (Phi) is 4.78. The molecule has 4 heteroatoms. The summed E-state index contributed by atoms with van der Waals surface area (Å²) in [7, 11) is 0. The summed E-state index contributed by atoms with van der Waals surface area (Å²) in [5.74, 6) is 1.44. The number of hydrogen-bond acceptors (Lipinski definition) is 2. The molecule has 3 aliphatic rings. The fraction of sp³-hybridized carbons (Fsp3) is 0.619. The second-order valence-electron chi connectivity index (χ2n) is 8.05. The predicted octanol–water partition coefficient (Wildman–Crippen LogP) is 3.16. The van der Waals surface area contributed by atoms with Gasteiger partial charge in [0.25, 0.3) is 5.91 Å². The SMILES string of the molecule is O=C(NC1CCC1)c1ccc(CC2CCN(C(=O)C3CC3)CC2)cc1. The number of carbonyl (C=O) groups is 2. The fourth-order valence-electron chi connectivity index (χ4n) is 3.89. The van der Waals surface area contributed by atoms with E-state index in [2.05, 4.69) is 22.3 Å². The number of nitrogens with one attached hydrogen (secondary N) is 1. The van der Waals surface area contributed by atoms with Gasteiger partial charge >= 0.3 is 0 Å². The third-order valence-electron chi connectivity index (χ3n) is 6.03. The van der Waals surface area contributed by atoms with E-state index in [-0.39, 0.29) is 5.91 Å². The van der Waals surface area contributed by atoms with E-state index in [0.717, 1.165) is 63.6 Å². The van der Waals surface area contributed by atoms with Gasteiger partial charge in [-0.25, -0.2) is 0 Å². The Balaban J connectivity index is 1.25. The van der Waals surface area contributed by atoms with Crippen molar-refractivity contribution in [1.82, 2.24) is 10.2 Å². The molecule has 0 bridgehead atoms. The van der Waals surface area contributed by atoms with E-state index in [0.29, 0.717) is 23.8 Å². The van der Waals surface area contributed by atoms with Crippen molar-refractivity contribution >= 4 is 11.8 Å². The molecule has 0 atom stereocenters. The van der Waals surface area contributed by atoms with E-state index in [1.165, 1.54) is 12.0 Å². The number of carbonyl (C=O) groups excluding carboxylic acids is 2. The van der Waals surface area contributed by atoms with Crippen LogP contribution in [0.3, 0.4) is 0 Å². The summed E-state index contributed by atoms with van der Waals surface area (Å²) in [6, 6.07) is 8.48. The Bertz CT molecular complexity index is 624. The highest BCUT2D eigenvalue weighted by molar-refractivity contribution is 5.94. The smallest absolute Gasteiger partial charge is 0.251 e. The molecular weight excluding hydrogens is 312 g/mol. The lowest BCUT2D eigenvalue weighted by Gasteiger charge is -2.32. The zero-order valence-electron chi connectivity index (χ0n) is 14.9. The van der Waals surface area contributed by atoms with Crippen LogP contribution in [0.4, 0.5) is 0 Å². The van der Waals surface area contributed by atoms with Crippen molar-refractivity contribution in [3.05, 3.63) is 35.4 Å². The number of rotatable bonds is 5. The summed E-state index contributed by atoms with van der Waals surface area (Å²) >= 11 is 0. The Morgan fingerprint density at radius 1 is 0.960 bits per heavy atom. The van der Waals surface area contributed by atoms with Gasteiger partial charge in [0.1, 0.15) is 0 Å². The van der Waals surface area contributed by atoms with E-state index >= 15 is 0 Å². The molecule has 1 N–H and O–H groups in total. The number of likely N-dealkylation sites (tertiary alicyclic amines) is 1. The van der Waals surface area contributed by atoms with Crippen LogP contribution < -0.4 is 5.32 Å². The monoisotopic (exact) mass is 340 g/mol. The maximum Gasteiger partial charge on any atom is 0.251 e. The van der Waals surface area contributed by atoms with Crippen molar-refractivity contribution < 1.29 is 9.59 Å². The van der Waals surface area contributed by atoms with Crippen molar-refractivity contribution in [2.24, 2.45) is 11.8 Å². The first-order valence-electron chi connectivity index (χ1n) is 9.87. The largest absolute Gasteiger partial charge is 0.349 e. The van der Waals surface area contributed by atoms with Crippen molar-refractivity contribution in [1.29, 1.82) is 0 Å². The Morgan fingerprint density at radius 3 is 2.20 bits per heavy atom. The molecule has 1 saturated heterocycles. The summed E-state index contributed by atoms with van der Waals surface area (Å²) in [5.41, 5.74) is 2.06. The van der Waals surface area contributed by atoms with Crippen LogP contribution in [0.2, 0.25) is 0 Å². The normalized spacial score (nSPS) is 21.7. The third kappa shape index (κ3) is 4.05. The highest BCUT2D eigenvalue weighted by Crippen LogP contribution is 2.33. The van der Waals surface area contributed by atoms with Crippen molar-refractivity contribution in [3.8, 4) is 0 Å². The lowest BCUT2D eigenvalue weighted by molar-refractivity contribution is -0.133. The molecule has 4 rings (SSSR count). The van der Waals surface area contributed by atoms with Crippen LogP contribution in [-0.4, -0.2) is 35.8 Å². The molecule has 1 heterocycles. The summed E-state index contributed by atoms with van der Waals surface area (Å²) < 4.78 is 0. The van der Waals surface area contributed by atoms with Crippen molar-refractivity contribution in [2.45, 2.75) is 57.4 Å². The minimum atomic E-state index is 0.0585. The van der Waals surface area contributed by atoms with Gasteiger partial charge in [0, 0.05) is 30.6 Å². The van der Waals surface area contributed by atoms with Crippen molar-refractivity contribution in [3.63, 3.8) is 0 Å². The molecule has 2 saturated carbocycles. The number of amides is 2. The molecule has 0 unspecified atom stereocenters. The Morgan fingerprint density at radius 2 is 1.64 bits per heavy atom. The van der Waals surface area contributed by atoms with Gasteiger partial charge in [-0.05, 0) is 75.0 Å². The van der Waals surface area contributed by atoms with E-state index in [9.17, 15) is 9.59 Å². The van der Waals surface area contributed by atoms with Gasteiger partial charge < -0.3 is 10.2 Å². The first-order chi connectivity index (χ1) is 12.2. The minimum Gasteiger partial charge on any atom is -0.349 e. The van der Waals surface area contributed by atoms with Gasteiger partial charge in [-0.2, -0.15) is 0 Å². The van der Waals surface area contributed by atoms with Gasteiger partial charge in [0.15, 0.2) is 0 Å². The van der Waals surface area contributed by atoms with Crippen LogP contribution >= 0.6 is 0 Å². The van der Waals surface area contributed by atoms with E-state index < -0.39 is 0 Å². The van der Waals surface area contributed by atoms with Gasteiger partial charge in [-0.1, -0.05) is 12.1 Å². The molecule has 0 radical (unpaired) electrons.